The number of aryl methyl sites for hydroxylation is 2. The summed E-state index contributed by atoms with van der Waals surface area (Å²) in [5, 5.41) is 3.23. The topological polar surface area (TPSA) is 12.0 Å². The lowest BCUT2D eigenvalue weighted by molar-refractivity contribution is -0.136. The van der Waals surface area contributed by atoms with Crippen molar-refractivity contribution in [3.05, 3.63) is 34.9 Å². The van der Waals surface area contributed by atoms with Crippen LogP contribution < -0.4 is 5.32 Å². The maximum Gasteiger partial charge on any atom is 0.389 e. The smallest absolute Gasteiger partial charge is 0.310 e. The molecule has 0 aliphatic heterocycles. The molecule has 108 valence electrons. The molecule has 1 rings (SSSR count). The summed E-state index contributed by atoms with van der Waals surface area (Å²) in [6.45, 7) is 6.65. The second-order valence-electron chi connectivity index (χ2n) is 5.02. The van der Waals surface area contributed by atoms with Crippen molar-refractivity contribution >= 4 is 0 Å². The summed E-state index contributed by atoms with van der Waals surface area (Å²) in [7, 11) is 0. The minimum atomic E-state index is -4.09. The van der Waals surface area contributed by atoms with Gasteiger partial charge < -0.3 is 5.32 Å². The molecule has 0 aliphatic rings. The highest BCUT2D eigenvalue weighted by atomic mass is 19.4. The number of nitrogens with one attached hydrogen (secondary N) is 1. The summed E-state index contributed by atoms with van der Waals surface area (Å²) in [5.41, 5.74) is 3.11. The Bertz CT molecular complexity index is 399. The first kappa shape index (κ1) is 16.0. The number of halogens is 3. The van der Waals surface area contributed by atoms with Gasteiger partial charge in [0.05, 0.1) is 0 Å². The van der Waals surface area contributed by atoms with Crippen LogP contribution in [0.2, 0.25) is 0 Å². The molecule has 0 fully saturated rings. The number of hydrogen-bond donors (Lipinski definition) is 1. The lowest BCUT2D eigenvalue weighted by atomic mass is 9.95. The Morgan fingerprint density at radius 1 is 1.21 bits per heavy atom. The van der Waals surface area contributed by atoms with Gasteiger partial charge in [0.15, 0.2) is 0 Å². The maximum atomic E-state index is 12.4. The first-order chi connectivity index (χ1) is 8.83. The second kappa shape index (κ2) is 6.94. The summed E-state index contributed by atoms with van der Waals surface area (Å²) in [5.74, 6) is 0. The third kappa shape index (κ3) is 5.64. The first-order valence-electron chi connectivity index (χ1n) is 6.70. The van der Waals surface area contributed by atoms with Crippen LogP contribution in [0.3, 0.4) is 0 Å². The van der Waals surface area contributed by atoms with Crippen LogP contribution in [0.1, 0.15) is 48.9 Å². The lowest BCUT2D eigenvalue weighted by Gasteiger charge is -2.22. The van der Waals surface area contributed by atoms with Crippen molar-refractivity contribution in [1.29, 1.82) is 0 Å². The van der Waals surface area contributed by atoms with E-state index < -0.39 is 12.6 Å². The molecular formula is C15H22F3N. The normalized spacial score (nSPS) is 13.6. The van der Waals surface area contributed by atoms with Crippen LogP contribution in [-0.2, 0) is 0 Å². The maximum absolute atomic E-state index is 12.4. The van der Waals surface area contributed by atoms with E-state index in [2.05, 4.69) is 5.32 Å². The predicted octanol–water partition coefficient (Wildman–Crippen LogP) is 4.69. The summed E-state index contributed by atoms with van der Waals surface area (Å²) in [6, 6.07) is 5.72. The predicted molar refractivity (Wildman–Crippen MR) is 72.2 cm³/mol. The van der Waals surface area contributed by atoms with E-state index in [1.807, 2.05) is 39.0 Å². The van der Waals surface area contributed by atoms with Crippen molar-refractivity contribution < 1.29 is 13.2 Å². The van der Waals surface area contributed by atoms with Crippen molar-refractivity contribution in [2.45, 2.75) is 52.3 Å². The zero-order valence-corrected chi connectivity index (χ0v) is 11.8. The van der Waals surface area contributed by atoms with Gasteiger partial charge in [0, 0.05) is 12.5 Å². The van der Waals surface area contributed by atoms with E-state index in [4.69, 9.17) is 0 Å². The molecule has 0 heterocycles. The van der Waals surface area contributed by atoms with Crippen molar-refractivity contribution in [1.82, 2.24) is 5.32 Å². The van der Waals surface area contributed by atoms with Crippen LogP contribution >= 0.6 is 0 Å². The van der Waals surface area contributed by atoms with Gasteiger partial charge in [-0.3, -0.25) is 0 Å². The van der Waals surface area contributed by atoms with Gasteiger partial charge in [0.25, 0.3) is 0 Å². The van der Waals surface area contributed by atoms with Crippen LogP contribution in [0.15, 0.2) is 18.2 Å². The summed E-state index contributed by atoms with van der Waals surface area (Å²) >= 11 is 0. The lowest BCUT2D eigenvalue weighted by Crippen LogP contribution is -2.24. The molecule has 19 heavy (non-hydrogen) atoms. The van der Waals surface area contributed by atoms with E-state index in [1.54, 1.807) is 0 Å². The largest absolute Gasteiger partial charge is 0.389 e. The quantitative estimate of drug-likeness (QED) is 0.793. The SMILES string of the molecule is CCCNC(CCC(F)(F)F)c1cc(C)ccc1C. The van der Waals surface area contributed by atoms with Crippen molar-refractivity contribution in [3.63, 3.8) is 0 Å². The van der Waals surface area contributed by atoms with E-state index in [0.29, 0.717) is 0 Å². The standard InChI is InChI=1S/C15H22F3N/c1-4-9-19-14(7-8-15(16,17)18)13-10-11(2)5-6-12(13)3/h5-6,10,14,19H,4,7-9H2,1-3H3. The van der Waals surface area contributed by atoms with Crippen molar-refractivity contribution in [3.8, 4) is 0 Å². The highest BCUT2D eigenvalue weighted by Crippen LogP contribution is 2.29. The van der Waals surface area contributed by atoms with Gasteiger partial charge in [0.2, 0.25) is 0 Å². The fraction of sp³-hybridized carbons (Fsp3) is 0.600. The Kier molecular flexibility index (Phi) is 5.85. The molecule has 0 bridgehead atoms. The summed E-state index contributed by atoms with van der Waals surface area (Å²) < 4.78 is 37.2. The molecule has 1 atom stereocenters. The molecule has 1 unspecified atom stereocenters. The van der Waals surface area contributed by atoms with E-state index in [0.717, 1.165) is 29.7 Å². The fourth-order valence-electron chi connectivity index (χ4n) is 2.13. The van der Waals surface area contributed by atoms with E-state index >= 15 is 0 Å². The van der Waals surface area contributed by atoms with Gasteiger partial charge in [0.1, 0.15) is 0 Å². The third-order valence-corrected chi connectivity index (χ3v) is 3.17. The Hall–Kier alpha value is -1.03. The molecule has 0 amide bonds. The van der Waals surface area contributed by atoms with E-state index in [9.17, 15) is 13.2 Å². The van der Waals surface area contributed by atoms with Gasteiger partial charge >= 0.3 is 6.18 Å². The van der Waals surface area contributed by atoms with Crippen LogP contribution in [0, 0.1) is 13.8 Å². The Labute approximate surface area is 113 Å². The number of rotatable bonds is 6. The van der Waals surface area contributed by atoms with E-state index in [1.165, 1.54) is 0 Å². The van der Waals surface area contributed by atoms with Crippen LogP contribution in [0.5, 0.6) is 0 Å². The van der Waals surface area contributed by atoms with E-state index in [-0.39, 0.29) is 12.5 Å². The van der Waals surface area contributed by atoms with Gasteiger partial charge in [-0.1, -0.05) is 30.7 Å². The molecule has 0 aromatic heterocycles. The Morgan fingerprint density at radius 3 is 2.47 bits per heavy atom. The second-order valence-corrected chi connectivity index (χ2v) is 5.02. The number of alkyl halides is 3. The minimum Gasteiger partial charge on any atom is -0.310 e. The highest BCUT2D eigenvalue weighted by Gasteiger charge is 2.28. The molecular weight excluding hydrogens is 251 g/mol. The monoisotopic (exact) mass is 273 g/mol. The molecule has 0 aliphatic carbocycles. The van der Waals surface area contributed by atoms with Crippen LogP contribution in [0.25, 0.3) is 0 Å². The molecule has 4 heteroatoms. The number of benzene rings is 1. The van der Waals surface area contributed by atoms with Crippen molar-refractivity contribution in [2.24, 2.45) is 0 Å². The Balaban J connectivity index is 2.85. The van der Waals surface area contributed by atoms with Gasteiger partial charge in [-0.15, -0.1) is 0 Å². The molecule has 0 saturated heterocycles. The average Bonchev–Trinajstić information content (AvgIpc) is 2.32. The first-order valence-corrected chi connectivity index (χ1v) is 6.70. The fourth-order valence-corrected chi connectivity index (χ4v) is 2.13. The van der Waals surface area contributed by atoms with Gasteiger partial charge in [-0.25, -0.2) is 0 Å². The molecule has 1 aromatic carbocycles. The number of hydrogen-bond acceptors (Lipinski definition) is 1. The van der Waals surface area contributed by atoms with Gasteiger partial charge in [-0.05, 0) is 44.4 Å². The molecule has 0 radical (unpaired) electrons. The molecule has 0 saturated carbocycles. The summed E-state index contributed by atoms with van der Waals surface area (Å²) in [4.78, 5) is 0. The van der Waals surface area contributed by atoms with Gasteiger partial charge in [-0.2, -0.15) is 13.2 Å². The third-order valence-electron chi connectivity index (χ3n) is 3.17. The minimum absolute atomic E-state index is 0.0911. The highest BCUT2D eigenvalue weighted by molar-refractivity contribution is 5.33. The summed E-state index contributed by atoms with van der Waals surface area (Å²) in [6.07, 6.45) is -3.84. The molecule has 1 aromatic rings. The zero-order chi connectivity index (χ0) is 14.5. The zero-order valence-electron chi connectivity index (χ0n) is 11.8. The van der Waals surface area contributed by atoms with Crippen LogP contribution in [-0.4, -0.2) is 12.7 Å². The molecule has 1 nitrogen and oxygen atoms in total. The Morgan fingerprint density at radius 2 is 1.89 bits per heavy atom. The molecule has 1 N–H and O–H groups in total. The van der Waals surface area contributed by atoms with Crippen LogP contribution in [0.4, 0.5) is 13.2 Å². The average molecular weight is 273 g/mol. The molecule has 0 spiro atoms. The van der Waals surface area contributed by atoms with Crippen molar-refractivity contribution in [2.75, 3.05) is 6.54 Å².